The maximum Gasteiger partial charge on any atom is 0.323 e. The van der Waals surface area contributed by atoms with Crippen molar-refractivity contribution < 1.29 is 9.59 Å². The van der Waals surface area contributed by atoms with E-state index in [4.69, 9.17) is 11.6 Å². The van der Waals surface area contributed by atoms with Gasteiger partial charge in [0.1, 0.15) is 0 Å². The summed E-state index contributed by atoms with van der Waals surface area (Å²) in [4.78, 5) is 23.1. The van der Waals surface area contributed by atoms with Gasteiger partial charge in [-0.05, 0) is 42.0 Å². The Morgan fingerprint density at radius 2 is 1.41 bits per heavy atom. The van der Waals surface area contributed by atoms with E-state index in [1.807, 2.05) is 0 Å². The average molecular weight is 318 g/mol. The summed E-state index contributed by atoms with van der Waals surface area (Å²) in [5.74, 6) is -0.0545. The highest BCUT2D eigenvalue weighted by molar-refractivity contribution is 6.30. The molecule has 0 unspecified atom stereocenters. The number of anilines is 2. The maximum absolute atomic E-state index is 11.9. The summed E-state index contributed by atoms with van der Waals surface area (Å²) >= 11 is 5.78. The highest BCUT2D eigenvalue weighted by atomic mass is 35.5. The van der Waals surface area contributed by atoms with Crippen molar-refractivity contribution in [3.63, 3.8) is 0 Å². The second kappa shape index (κ2) is 7.47. The van der Waals surface area contributed by atoms with Crippen LogP contribution in [-0.2, 0) is 11.2 Å². The van der Waals surface area contributed by atoms with E-state index >= 15 is 0 Å². The zero-order valence-corrected chi connectivity index (χ0v) is 12.8. The third-order valence-corrected chi connectivity index (χ3v) is 3.21. The Morgan fingerprint density at radius 3 is 1.91 bits per heavy atom. The Hall–Kier alpha value is -2.53. The van der Waals surface area contributed by atoms with E-state index in [0.29, 0.717) is 22.8 Å². The van der Waals surface area contributed by atoms with Crippen molar-refractivity contribution in [1.29, 1.82) is 0 Å². The fourth-order valence-electron chi connectivity index (χ4n) is 1.81. The molecule has 0 aliphatic rings. The molecule has 6 heteroatoms. The first-order valence-corrected chi connectivity index (χ1v) is 7.08. The summed E-state index contributed by atoms with van der Waals surface area (Å²) in [6, 6.07) is 13.6. The van der Waals surface area contributed by atoms with Crippen LogP contribution < -0.4 is 16.0 Å². The Balaban J connectivity index is 1.91. The number of hydrogen-bond donors (Lipinski definition) is 3. The summed E-state index contributed by atoms with van der Waals surface area (Å²) in [7, 11) is 1.60. The lowest BCUT2D eigenvalue weighted by molar-refractivity contribution is -0.119. The van der Waals surface area contributed by atoms with Crippen molar-refractivity contribution in [1.82, 2.24) is 5.32 Å². The van der Waals surface area contributed by atoms with Gasteiger partial charge in [-0.2, -0.15) is 0 Å². The molecule has 2 rings (SSSR count). The molecule has 0 atom stereocenters. The van der Waals surface area contributed by atoms with Gasteiger partial charge >= 0.3 is 6.03 Å². The number of amides is 3. The topological polar surface area (TPSA) is 70.2 Å². The molecule has 2 aromatic carbocycles. The molecule has 0 fully saturated rings. The number of nitrogens with one attached hydrogen (secondary N) is 3. The van der Waals surface area contributed by atoms with E-state index in [9.17, 15) is 9.59 Å². The van der Waals surface area contributed by atoms with Gasteiger partial charge in [-0.1, -0.05) is 23.7 Å². The molecule has 114 valence electrons. The minimum atomic E-state index is -0.346. The van der Waals surface area contributed by atoms with Crippen molar-refractivity contribution in [2.75, 3.05) is 17.7 Å². The van der Waals surface area contributed by atoms with Gasteiger partial charge in [0.2, 0.25) is 5.91 Å². The molecule has 5 nitrogen and oxygen atoms in total. The maximum atomic E-state index is 11.9. The van der Waals surface area contributed by atoms with Gasteiger partial charge in [-0.15, -0.1) is 0 Å². The Morgan fingerprint density at radius 1 is 0.909 bits per heavy atom. The van der Waals surface area contributed by atoms with Crippen LogP contribution in [0.15, 0.2) is 48.5 Å². The fraction of sp³-hybridized carbons (Fsp3) is 0.125. The van der Waals surface area contributed by atoms with Gasteiger partial charge < -0.3 is 16.0 Å². The molecular weight excluding hydrogens is 302 g/mol. The van der Waals surface area contributed by atoms with E-state index in [1.165, 1.54) is 0 Å². The smallest absolute Gasteiger partial charge is 0.323 e. The minimum Gasteiger partial charge on any atom is -0.359 e. The van der Waals surface area contributed by atoms with Crippen molar-refractivity contribution in [3.05, 3.63) is 59.1 Å². The van der Waals surface area contributed by atoms with Crippen LogP contribution in [0.1, 0.15) is 5.56 Å². The number of hydrogen-bond acceptors (Lipinski definition) is 2. The highest BCUT2D eigenvalue weighted by Gasteiger charge is 2.04. The number of carbonyl (C=O) groups excluding carboxylic acids is 2. The van der Waals surface area contributed by atoms with Gasteiger partial charge in [0.15, 0.2) is 0 Å². The molecule has 22 heavy (non-hydrogen) atoms. The van der Waals surface area contributed by atoms with E-state index < -0.39 is 0 Å². The molecule has 0 bridgehead atoms. The van der Waals surface area contributed by atoms with Crippen LogP contribution in [0.4, 0.5) is 16.2 Å². The number of carbonyl (C=O) groups is 2. The third kappa shape index (κ3) is 4.79. The normalized spacial score (nSPS) is 9.91. The predicted molar refractivity (Wildman–Crippen MR) is 88.3 cm³/mol. The molecule has 3 amide bonds. The Labute approximate surface area is 133 Å². The highest BCUT2D eigenvalue weighted by Crippen LogP contribution is 2.14. The molecule has 0 aliphatic carbocycles. The van der Waals surface area contributed by atoms with Crippen LogP contribution in [0.3, 0.4) is 0 Å². The quantitative estimate of drug-likeness (QED) is 0.810. The number of rotatable bonds is 4. The molecule has 0 saturated heterocycles. The van der Waals surface area contributed by atoms with Crippen LogP contribution in [0.25, 0.3) is 0 Å². The Kier molecular flexibility index (Phi) is 5.38. The van der Waals surface area contributed by atoms with E-state index in [0.717, 1.165) is 5.56 Å². The first-order chi connectivity index (χ1) is 10.6. The van der Waals surface area contributed by atoms with Gasteiger partial charge in [0, 0.05) is 23.4 Å². The summed E-state index contributed by atoms with van der Waals surface area (Å²) in [5, 5.41) is 8.59. The molecule has 3 N–H and O–H groups in total. The lowest BCUT2D eigenvalue weighted by atomic mass is 10.1. The summed E-state index contributed by atoms with van der Waals surface area (Å²) in [6.07, 6.45) is 0.313. The van der Waals surface area contributed by atoms with Crippen LogP contribution in [0.5, 0.6) is 0 Å². The molecule has 0 aromatic heterocycles. The predicted octanol–water partition coefficient (Wildman–Crippen LogP) is 3.27. The van der Waals surface area contributed by atoms with E-state index in [1.54, 1.807) is 55.6 Å². The molecule has 0 aliphatic heterocycles. The monoisotopic (exact) mass is 317 g/mol. The van der Waals surface area contributed by atoms with Crippen LogP contribution in [-0.4, -0.2) is 19.0 Å². The largest absolute Gasteiger partial charge is 0.359 e. The van der Waals surface area contributed by atoms with E-state index in [-0.39, 0.29) is 11.9 Å². The second-order valence-electron chi connectivity index (χ2n) is 4.63. The standard InChI is InChI=1S/C16H16ClN3O2/c1-18-15(21)10-11-2-6-13(7-3-11)19-16(22)20-14-8-4-12(17)5-9-14/h2-9H,10H2,1H3,(H,18,21)(H2,19,20,22). The van der Waals surface area contributed by atoms with Crippen molar-refractivity contribution in [2.24, 2.45) is 0 Å². The number of likely N-dealkylation sites (N-methyl/N-ethyl adjacent to an activating group) is 1. The van der Waals surface area contributed by atoms with Crippen LogP contribution >= 0.6 is 11.6 Å². The zero-order valence-electron chi connectivity index (χ0n) is 12.0. The summed E-state index contributed by atoms with van der Waals surface area (Å²) < 4.78 is 0. The number of benzene rings is 2. The van der Waals surface area contributed by atoms with Gasteiger partial charge in [0.25, 0.3) is 0 Å². The summed E-state index contributed by atoms with van der Waals surface area (Å²) in [5.41, 5.74) is 2.17. The zero-order chi connectivity index (χ0) is 15.9. The average Bonchev–Trinajstić information content (AvgIpc) is 2.51. The van der Waals surface area contributed by atoms with Gasteiger partial charge in [0.05, 0.1) is 6.42 Å². The molecule has 0 heterocycles. The van der Waals surface area contributed by atoms with Crippen LogP contribution in [0, 0.1) is 0 Å². The fourth-order valence-corrected chi connectivity index (χ4v) is 1.93. The number of halogens is 1. The van der Waals surface area contributed by atoms with Gasteiger partial charge in [-0.25, -0.2) is 4.79 Å². The van der Waals surface area contributed by atoms with Crippen molar-refractivity contribution in [2.45, 2.75) is 6.42 Å². The van der Waals surface area contributed by atoms with Crippen LogP contribution in [0.2, 0.25) is 5.02 Å². The second-order valence-corrected chi connectivity index (χ2v) is 5.07. The van der Waals surface area contributed by atoms with Crippen molar-refractivity contribution >= 4 is 34.9 Å². The summed E-state index contributed by atoms with van der Waals surface area (Å²) in [6.45, 7) is 0. The number of urea groups is 1. The van der Waals surface area contributed by atoms with Gasteiger partial charge in [-0.3, -0.25) is 4.79 Å². The first kappa shape index (κ1) is 15.9. The lowest BCUT2D eigenvalue weighted by Gasteiger charge is -2.08. The lowest BCUT2D eigenvalue weighted by Crippen LogP contribution is -2.20. The molecular formula is C16H16ClN3O2. The minimum absolute atomic E-state index is 0.0545. The third-order valence-electron chi connectivity index (χ3n) is 2.96. The Bertz CT molecular complexity index is 654. The molecule has 0 radical (unpaired) electrons. The first-order valence-electron chi connectivity index (χ1n) is 6.70. The molecule has 0 spiro atoms. The molecule has 0 saturated carbocycles. The SMILES string of the molecule is CNC(=O)Cc1ccc(NC(=O)Nc2ccc(Cl)cc2)cc1. The molecule has 2 aromatic rings. The van der Waals surface area contributed by atoms with E-state index in [2.05, 4.69) is 16.0 Å². The van der Waals surface area contributed by atoms with Crippen molar-refractivity contribution in [3.8, 4) is 0 Å².